The molecule has 2 fully saturated rings. The van der Waals surface area contributed by atoms with Crippen molar-refractivity contribution in [3.05, 3.63) is 35.6 Å². The fourth-order valence-electron chi connectivity index (χ4n) is 4.04. The first-order valence-electron chi connectivity index (χ1n) is 8.03. The van der Waals surface area contributed by atoms with Gasteiger partial charge >= 0.3 is 0 Å². The molecule has 0 spiro atoms. The molecule has 1 saturated heterocycles. The van der Waals surface area contributed by atoms with E-state index >= 15 is 0 Å². The number of likely N-dealkylation sites (tertiary alicyclic amines) is 1. The molecule has 0 amide bonds. The average Bonchev–Trinajstić information content (AvgIpc) is 2.80. The molecule has 20 heavy (non-hydrogen) atoms. The summed E-state index contributed by atoms with van der Waals surface area (Å²) >= 11 is 0. The molecular formula is C18H26FN. The maximum absolute atomic E-state index is 13.0. The van der Waals surface area contributed by atoms with E-state index in [2.05, 4.69) is 18.7 Å². The van der Waals surface area contributed by atoms with Gasteiger partial charge in [-0.3, -0.25) is 0 Å². The van der Waals surface area contributed by atoms with E-state index in [9.17, 15) is 4.39 Å². The minimum Gasteiger partial charge on any atom is -0.300 e. The Bertz CT molecular complexity index is 443. The SMILES string of the molecule is CC1(C)CC[C@@H](N2CCC(c3ccc(F)cc3)CC2)C1. The van der Waals surface area contributed by atoms with Crippen LogP contribution >= 0.6 is 0 Å². The Morgan fingerprint density at radius 1 is 1.05 bits per heavy atom. The first kappa shape index (κ1) is 14.1. The summed E-state index contributed by atoms with van der Waals surface area (Å²) in [7, 11) is 0. The molecule has 3 rings (SSSR count). The summed E-state index contributed by atoms with van der Waals surface area (Å²) in [6.07, 6.45) is 6.54. The van der Waals surface area contributed by atoms with Crippen LogP contribution in [0, 0.1) is 11.2 Å². The molecule has 1 saturated carbocycles. The van der Waals surface area contributed by atoms with Gasteiger partial charge in [-0.15, -0.1) is 0 Å². The highest BCUT2D eigenvalue weighted by Crippen LogP contribution is 2.41. The Morgan fingerprint density at radius 2 is 1.70 bits per heavy atom. The molecule has 0 aromatic heterocycles. The van der Waals surface area contributed by atoms with Crippen LogP contribution in [0.25, 0.3) is 0 Å². The van der Waals surface area contributed by atoms with Gasteiger partial charge in [0.2, 0.25) is 0 Å². The van der Waals surface area contributed by atoms with Crippen LogP contribution in [0.4, 0.5) is 4.39 Å². The van der Waals surface area contributed by atoms with Crippen molar-refractivity contribution in [1.29, 1.82) is 0 Å². The Kier molecular flexibility index (Phi) is 3.85. The second-order valence-corrected chi connectivity index (χ2v) is 7.42. The summed E-state index contributed by atoms with van der Waals surface area (Å²) in [4.78, 5) is 2.70. The third-order valence-electron chi connectivity index (χ3n) is 5.33. The first-order valence-corrected chi connectivity index (χ1v) is 8.03. The Balaban J connectivity index is 1.56. The predicted molar refractivity (Wildman–Crippen MR) is 81.4 cm³/mol. The van der Waals surface area contributed by atoms with E-state index in [0.29, 0.717) is 11.3 Å². The molecule has 2 aliphatic rings. The summed E-state index contributed by atoms with van der Waals surface area (Å²) in [5.41, 5.74) is 1.86. The third-order valence-corrected chi connectivity index (χ3v) is 5.33. The minimum absolute atomic E-state index is 0.126. The van der Waals surface area contributed by atoms with Gasteiger partial charge in [0.25, 0.3) is 0 Å². The monoisotopic (exact) mass is 275 g/mol. The summed E-state index contributed by atoms with van der Waals surface area (Å²) < 4.78 is 13.0. The van der Waals surface area contributed by atoms with E-state index < -0.39 is 0 Å². The number of nitrogens with zero attached hydrogens (tertiary/aromatic N) is 1. The molecule has 1 nitrogen and oxygen atoms in total. The van der Waals surface area contributed by atoms with Crippen molar-refractivity contribution in [3.8, 4) is 0 Å². The Hall–Kier alpha value is -0.890. The molecule has 1 aromatic carbocycles. The van der Waals surface area contributed by atoms with E-state index in [-0.39, 0.29) is 5.82 Å². The number of hydrogen-bond donors (Lipinski definition) is 0. The van der Waals surface area contributed by atoms with Crippen LogP contribution in [0.3, 0.4) is 0 Å². The molecule has 1 atom stereocenters. The zero-order valence-electron chi connectivity index (χ0n) is 12.7. The van der Waals surface area contributed by atoms with E-state index in [0.717, 1.165) is 6.04 Å². The number of benzene rings is 1. The molecule has 0 N–H and O–H groups in total. The molecular weight excluding hydrogens is 249 g/mol. The van der Waals surface area contributed by atoms with Crippen LogP contribution in [0.5, 0.6) is 0 Å². The van der Waals surface area contributed by atoms with Gasteiger partial charge in [-0.25, -0.2) is 4.39 Å². The lowest BCUT2D eigenvalue weighted by molar-refractivity contribution is 0.145. The zero-order chi connectivity index (χ0) is 14.2. The third kappa shape index (κ3) is 3.06. The van der Waals surface area contributed by atoms with Crippen LogP contribution in [0.15, 0.2) is 24.3 Å². The zero-order valence-corrected chi connectivity index (χ0v) is 12.7. The van der Waals surface area contributed by atoms with E-state index in [1.807, 2.05) is 12.1 Å². The average molecular weight is 275 g/mol. The van der Waals surface area contributed by atoms with Crippen molar-refractivity contribution in [3.63, 3.8) is 0 Å². The molecule has 2 heteroatoms. The second kappa shape index (κ2) is 5.48. The van der Waals surface area contributed by atoms with Crippen molar-refractivity contribution in [1.82, 2.24) is 4.90 Å². The Labute approximate surface area is 122 Å². The number of hydrogen-bond acceptors (Lipinski definition) is 1. The first-order chi connectivity index (χ1) is 9.53. The van der Waals surface area contributed by atoms with Gasteiger partial charge in [0, 0.05) is 6.04 Å². The minimum atomic E-state index is -0.126. The highest BCUT2D eigenvalue weighted by molar-refractivity contribution is 5.21. The van der Waals surface area contributed by atoms with Crippen molar-refractivity contribution in [2.45, 2.75) is 57.9 Å². The molecule has 1 aromatic rings. The molecule has 0 radical (unpaired) electrons. The van der Waals surface area contributed by atoms with Crippen LogP contribution in [0.1, 0.15) is 57.4 Å². The summed E-state index contributed by atoms with van der Waals surface area (Å²) in [6.45, 7) is 7.22. The molecule has 0 unspecified atom stereocenters. The van der Waals surface area contributed by atoms with Crippen molar-refractivity contribution < 1.29 is 4.39 Å². The topological polar surface area (TPSA) is 3.24 Å². The molecule has 1 heterocycles. The molecule has 0 bridgehead atoms. The molecule has 1 aliphatic heterocycles. The van der Waals surface area contributed by atoms with E-state index in [4.69, 9.17) is 0 Å². The smallest absolute Gasteiger partial charge is 0.123 e. The lowest BCUT2D eigenvalue weighted by Crippen LogP contribution is -2.40. The largest absolute Gasteiger partial charge is 0.300 e. The summed E-state index contributed by atoms with van der Waals surface area (Å²) in [5, 5.41) is 0. The fraction of sp³-hybridized carbons (Fsp3) is 0.667. The molecule has 110 valence electrons. The highest BCUT2D eigenvalue weighted by Gasteiger charge is 2.35. The highest BCUT2D eigenvalue weighted by atomic mass is 19.1. The number of halogens is 1. The molecule has 1 aliphatic carbocycles. The van der Waals surface area contributed by atoms with Gasteiger partial charge in [-0.05, 0) is 74.2 Å². The van der Waals surface area contributed by atoms with Gasteiger partial charge in [-0.1, -0.05) is 26.0 Å². The van der Waals surface area contributed by atoms with Crippen molar-refractivity contribution >= 4 is 0 Å². The Morgan fingerprint density at radius 3 is 2.25 bits per heavy atom. The summed E-state index contributed by atoms with van der Waals surface area (Å²) in [5.74, 6) is 0.501. The lowest BCUT2D eigenvalue weighted by Gasteiger charge is -2.36. The van der Waals surface area contributed by atoms with Gasteiger partial charge in [0.05, 0.1) is 0 Å². The number of piperidine rings is 1. The van der Waals surface area contributed by atoms with Crippen LogP contribution in [-0.2, 0) is 0 Å². The maximum Gasteiger partial charge on any atom is 0.123 e. The van der Waals surface area contributed by atoms with Gasteiger partial charge in [0.1, 0.15) is 5.82 Å². The normalized spacial score (nSPS) is 27.9. The second-order valence-electron chi connectivity index (χ2n) is 7.42. The standard InChI is InChI=1S/C18H26FN/c1-18(2)10-7-17(13-18)20-11-8-15(9-12-20)14-3-5-16(19)6-4-14/h3-6,15,17H,7-13H2,1-2H3/t17-/m1/s1. The van der Waals surface area contributed by atoms with E-state index in [1.165, 1.54) is 50.8 Å². The van der Waals surface area contributed by atoms with Gasteiger partial charge in [0.15, 0.2) is 0 Å². The summed E-state index contributed by atoms with van der Waals surface area (Å²) in [6, 6.07) is 7.93. The van der Waals surface area contributed by atoms with Crippen LogP contribution < -0.4 is 0 Å². The van der Waals surface area contributed by atoms with Gasteiger partial charge in [-0.2, -0.15) is 0 Å². The van der Waals surface area contributed by atoms with Crippen molar-refractivity contribution in [2.24, 2.45) is 5.41 Å². The van der Waals surface area contributed by atoms with Crippen LogP contribution in [-0.4, -0.2) is 24.0 Å². The maximum atomic E-state index is 13.0. The quantitative estimate of drug-likeness (QED) is 0.763. The number of rotatable bonds is 2. The van der Waals surface area contributed by atoms with Crippen molar-refractivity contribution in [2.75, 3.05) is 13.1 Å². The van der Waals surface area contributed by atoms with Crippen LogP contribution in [0.2, 0.25) is 0 Å². The van der Waals surface area contributed by atoms with Gasteiger partial charge < -0.3 is 4.90 Å². The fourth-order valence-corrected chi connectivity index (χ4v) is 4.04. The van der Waals surface area contributed by atoms with E-state index in [1.54, 1.807) is 12.1 Å². The lowest BCUT2D eigenvalue weighted by atomic mass is 9.88. The predicted octanol–water partition coefficient (Wildman–Crippen LogP) is 4.58.